The number of hydrogen-bond acceptors (Lipinski definition) is 3. The highest BCUT2D eigenvalue weighted by Gasteiger charge is 2.21. The largest absolute Gasteiger partial charge is 0.329 e. The molecule has 2 aliphatic rings. The first kappa shape index (κ1) is 14.3. The van der Waals surface area contributed by atoms with E-state index in [9.17, 15) is 0 Å². The third-order valence-electron chi connectivity index (χ3n) is 4.87. The zero-order valence-corrected chi connectivity index (χ0v) is 12.1. The summed E-state index contributed by atoms with van der Waals surface area (Å²) in [5, 5.41) is 0. The third kappa shape index (κ3) is 4.52. The first-order valence-electron chi connectivity index (χ1n) is 7.89. The van der Waals surface area contributed by atoms with E-state index in [-0.39, 0.29) is 0 Å². The van der Waals surface area contributed by atoms with Crippen LogP contribution in [-0.4, -0.2) is 56.1 Å². The maximum atomic E-state index is 5.61. The predicted octanol–water partition coefficient (Wildman–Crippen LogP) is 1.78. The smallest absolute Gasteiger partial charge is 0.0105 e. The van der Waals surface area contributed by atoms with E-state index in [4.69, 9.17) is 5.73 Å². The van der Waals surface area contributed by atoms with Gasteiger partial charge in [0.1, 0.15) is 0 Å². The lowest BCUT2D eigenvalue weighted by Crippen LogP contribution is -2.40. The molecule has 0 atom stereocenters. The number of nitrogens with two attached hydrogens (primary N) is 1. The molecule has 0 amide bonds. The van der Waals surface area contributed by atoms with Crippen molar-refractivity contribution in [3.63, 3.8) is 0 Å². The highest BCUT2D eigenvalue weighted by molar-refractivity contribution is 4.76. The Morgan fingerprint density at radius 1 is 1.11 bits per heavy atom. The number of piperidine rings is 1. The van der Waals surface area contributed by atoms with Gasteiger partial charge in [0.25, 0.3) is 0 Å². The number of nitrogens with zero attached hydrogens (tertiary/aromatic N) is 2. The molecule has 1 aliphatic heterocycles. The van der Waals surface area contributed by atoms with Crippen molar-refractivity contribution < 1.29 is 0 Å². The Morgan fingerprint density at radius 2 is 1.83 bits per heavy atom. The average molecular weight is 253 g/mol. The summed E-state index contributed by atoms with van der Waals surface area (Å²) in [5.74, 6) is 1.98. The van der Waals surface area contributed by atoms with Gasteiger partial charge in [-0.05, 0) is 57.8 Å². The fraction of sp³-hybridized carbons (Fsp3) is 1.00. The lowest BCUT2D eigenvalue weighted by atomic mass is 9.83. The minimum absolute atomic E-state index is 0.811. The Labute approximate surface area is 113 Å². The van der Waals surface area contributed by atoms with Gasteiger partial charge in [-0.1, -0.05) is 19.3 Å². The van der Waals surface area contributed by atoms with Crippen LogP contribution in [0.3, 0.4) is 0 Å². The molecular weight excluding hydrogens is 222 g/mol. The van der Waals surface area contributed by atoms with E-state index in [0.717, 1.165) is 24.9 Å². The Morgan fingerprint density at radius 3 is 2.39 bits per heavy atom. The molecule has 0 aromatic carbocycles. The van der Waals surface area contributed by atoms with E-state index in [1.807, 2.05) is 0 Å². The molecule has 1 saturated heterocycles. The zero-order chi connectivity index (χ0) is 12.8. The highest BCUT2D eigenvalue weighted by Crippen LogP contribution is 2.29. The van der Waals surface area contributed by atoms with Crippen molar-refractivity contribution in [2.24, 2.45) is 17.6 Å². The van der Waals surface area contributed by atoms with Crippen molar-refractivity contribution in [1.29, 1.82) is 0 Å². The summed E-state index contributed by atoms with van der Waals surface area (Å²) >= 11 is 0. The van der Waals surface area contributed by atoms with E-state index in [0.29, 0.717) is 0 Å². The van der Waals surface area contributed by atoms with E-state index in [1.165, 1.54) is 64.7 Å². The van der Waals surface area contributed by atoms with Crippen molar-refractivity contribution in [3.05, 3.63) is 0 Å². The molecule has 0 bridgehead atoms. The third-order valence-corrected chi connectivity index (χ3v) is 4.87. The standard InChI is InChI=1S/C15H31N3/c1-17(9-5-14-3-2-4-14)13-15-6-10-18(11-7-15)12-8-16/h14-15H,2-13,16H2,1H3. The second kappa shape index (κ2) is 7.46. The van der Waals surface area contributed by atoms with E-state index >= 15 is 0 Å². The van der Waals surface area contributed by atoms with Crippen LogP contribution in [-0.2, 0) is 0 Å². The molecule has 1 heterocycles. The van der Waals surface area contributed by atoms with Crippen molar-refractivity contribution in [1.82, 2.24) is 9.80 Å². The molecule has 0 radical (unpaired) electrons. The Kier molecular flexibility index (Phi) is 5.93. The molecule has 18 heavy (non-hydrogen) atoms. The van der Waals surface area contributed by atoms with Gasteiger partial charge < -0.3 is 15.5 Å². The molecular formula is C15H31N3. The van der Waals surface area contributed by atoms with Gasteiger partial charge in [-0.15, -0.1) is 0 Å². The van der Waals surface area contributed by atoms with Crippen LogP contribution in [0, 0.1) is 11.8 Å². The molecule has 0 aromatic rings. The summed E-state index contributed by atoms with van der Waals surface area (Å²) in [6.07, 6.45) is 8.63. The molecule has 106 valence electrons. The van der Waals surface area contributed by atoms with Crippen molar-refractivity contribution in [2.45, 2.75) is 38.5 Å². The number of rotatable bonds is 7. The van der Waals surface area contributed by atoms with Crippen molar-refractivity contribution >= 4 is 0 Å². The first-order valence-corrected chi connectivity index (χ1v) is 7.89. The summed E-state index contributed by atoms with van der Waals surface area (Å²) in [6, 6.07) is 0. The Balaban J connectivity index is 1.55. The minimum atomic E-state index is 0.811. The van der Waals surface area contributed by atoms with Gasteiger partial charge in [0.15, 0.2) is 0 Å². The van der Waals surface area contributed by atoms with Crippen LogP contribution in [0.15, 0.2) is 0 Å². The molecule has 1 aliphatic carbocycles. The second-order valence-electron chi connectivity index (χ2n) is 6.42. The first-order chi connectivity index (χ1) is 8.78. The van der Waals surface area contributed by atoms with Gasteiger partial charge in [0, 0.05) is 19.6 Å². The summed E-state index contributed by atoms with van der Waals surface area (Å²) in [5.41, 5.74) is 5.61. The average Bonchev–Trinajstić information content (AvgIpc) is 2.30. The van der Waals surface area contributed by atoms with Gasteiger partial charge in [-0.25, -0.2) is 0 Å². The van der Waals surface area contributed by atoms with E-state index in [2.05, 4.69) is 16.8 Å². The Hall–Kier alpha value is -0.120. The second-order valence-corrected chi connectivity index (χ2v) is 6.42. The molecule has 3 nitrogen and oxygen atoms in total. The molecule has 2 fully saturated rings. The predicted molar refractivity (Wildman–Crippen MR) is 77.7 cm³/mol. The normalized spacial score (nSPS) is 23.5. The molecule has 3 heteroatoms. The van der Waals surface area contributed by atoms with Gasteiger partial charge in [-0.2, -0.15) is 0 Å². The lowest BCUT2D eigenvalue weighted by molar-refractivity contribution is 0.150. The van der Waals surface area contributed by atoms with Gasteiger partial charge in [0.2, 0.25) is 0 Å². The van der Waals surface area contributed by atoms with Crippen LogP contribution in [0.25, 0.3) is 0 Å². The summed E-state index contributed by atoms with van der Waals surface area (Å²) in [6.45, 7) is 7.05. The summed E-state index contributed by atoms with van der Waals surface area (Å²) in [7, 11) is 2.31. The number of likely N-dealkylation sites (tertiary alicyclic amines) is 1. The molecule has 2 N–H and O–H groups in total. The van der Waals surface area contributed by atoms with E-state index < -0.39 is 0 Å². The molecule has 0 unspecified atom stereocenters. The molecule has 1 saturated carbocycles. The highest BCUT2D eigenvalue weighted by atomic mass is 15.1. The van der Waals surface area contributed by atoms with Crippen LogP contribution in [0.4, 0.5) is 0 Å². The van der Waals surface area contributed by atoms with Gasteiger partial charge >= 0.3 is 0 Å². The number of hydrogen-bond donors (Lipinski definition) is 1. The van der Waals surface area contributed by atoms with Crippen molar-refractivity contribution in [3.8, 4) is 0 Å². The van der Waals surface area contributed by atoms with Crippen LogP contribution < -0.4 is 5.73 Å². The zero-order valence-electron chi connectivity index (χ0n) is 12.1. The molecule has 2 rings (SSSR count). The SMILES string of the molecule is CN(CCC1CCC1)CC1CCN(CCN)CC1. The van der Waals surface area contributed by atoms with Crippen LogP contribution in [0.5, 0.6) is 0 Å². The summed E-state index contributed by atoms with van der Waals surface area (Å²) in [4.78, 5) is 5.09. The van der Waals surface area contributed by atoms with Crippen LogP contribution in [0.1, 0.15) is 38.5 Å². The topological polar surface area (TPSA) is 32.5 Å². The fourth-order valence-electron chi connectivity index (χ4n) is 3.29. The molecule has 0 spiro atoms. The lowest BCUT2D eigenvalue weighted by Gasteiger charge is -2.34. The van der Waals surface area contributed by atoms with E-state index in [1.54, 1.807) is 0 Å². The van der Waals surface area contributed by atoms with Crippen LogP contribution >= 0.6 is 0 Å². The minimum Gasteiger partial charge on any atom is -0.329 e. The maximum Gasteiger partial charge on any atom is 0.0105 e. The fourth-order valence-corrected chi connectivity index (χ4v) is 3.29. The summed E-state index contributed by atoms with van der Waals surface area (Å²) < 4.78 is 0. The van der Waals surface area contributed by atoms with Crippen LogP contribution in [0.2, 0.25) is 0 Å². The quantitative estimate of drug-likeness (QED) is 0.751. The molecule has 0 aromatic heterocycles. The monoisotopic (exact) mass is 253 g/mol. The Bertz CT molecular complexity index is 220. The maximum absolute atomic E-state index is 5.61. The van der Waals surface area contributed by atoms with Gasteiger partial charge in [-0.3, -0.25) is 0 Å². The van der Waals surface area contributed by atoms with Crippen molar-refractivity contribution in [2.75, 3.05) is 46.3 Å². The van der Waals surface area contributed by atoms with Gasteiger partial charge in [0.05, 0.1) is 0 Å².